The molecule has 0 spiro atoms. The average molecular weight is 384 g/mol. The lowest BCUT2D eigenvalue weighted by molar-refractivity contribution is 0.0603. The number of carbonyl (C=O) groups excluding carboxylic acids is 1. The zero-order valence-corrected chi connectivity index (χ0v) is 15.8. The monoisotopic (exact) mass is 384 g/mol. The van der Waals surface area contributed by atoms with Gasteiger partial charge >= 0.3 is 5.97 Å². The minimum atomic E-state index is -0.470. The number of methoxy groups -OCH3 is 1. The van der Waals surface area contributed by atoms with E-state index < -0.39 is 5.97 Å². The number of ether oxygens (including phenoxy) is 1. The highest BCUT2D eigenvalue weighted by atomic mass is 16.5. The highest BCUT2D eigenvalue weighted by Crippen LogP contribution is 2.30. The van der Waals surface area contributed by atoms with Crippen LogP contribution in [0.3, 0.4) is 0 Å². The van der Waals surface area contributed by atoms with Gasteiger partial charge in [0.15, 0.2) is 5.76 Å². The maximum Gasteiger partial charge on any atom is 0.338 e. The van der Waals surface area contributed by atoms with Crippen LogP contribution in [0.5, 0.6) is 0 Å². The van der Waals surface area contributed by atoms with E-state index in [4.69, 9.17) is 9.15 Å². The molecule has 0 radical (unpaired) electrons. The highest BCUT2D eigenvalue weighted by molar-refractivity contribution is 6.14. The van der Waals surface area contributed by atoms with Gasteiger partial charge in [0.05, 0.1) is 30.1 Å². The van der Waals surface area contributed by atoms with Crippen LogP contribution in [0.2, 0.25) is 0 Å². The smallest absolute Gasteiger partial charge is 0.338 e. The van der Waals surface area contributed by atoms with Gasteiger partial charge in [0, 0.05) is 5.39 Å². The quantitative estimate of drug-likeness (QED) is 0.431. The number of fused-ring (bicyclic) bond motifs is 3. The largest absolute Gasteiger partial charge is 0.465 e. The molecule has 0 unspecified atom stereocenters. The van der Waals surface area contributed by atoms with Crippen molar-refractivity contribution in [2.24, 2.45) is 0 Å². The Balaban J connectivity index is 1.80. The summed E-state index contributed by atoms with van der Waals surface area (Å²) in [4.78, 5) is 18.8. The molecule has 142 valence electrons. The van der Waals surface area contributed by atoms with Crippen LogP contribution in [0.4, 0.5) is 0 Å². The number of aromatic nitrogens is 4. The molecular formula is C22H16N4O3. The Morgan fingerprint density at radius 2 is 1.90 bits per heavy atom. The van der Waals surface area contributed by atoms with Crippen LogP contribution in [0.15, 0.2) is 65.3 Å². The Labute approximate surface area is 165 Å². The fraction of sp³-hybridized carbons (Fsp3) is 0.0909. The van der Waals surface area contributed by atoms with E-state index >= 15 is 0 Å². The van der Waals surface area contributed by atoms with Gasteiger partial charge in [0.25, 0.3) is 0 Å². The van der Waals surface area contributed by atoms with Crippen LogP contribution < -0.4 is 0 Å². The van der Waals surface area contributed by atoms with Crippen molar-refractivity contribution in [3.8, 4) is 17.1 Å². The number of benzene rings is 2. The third-order valence-corrected chi connectivity index (χ3v) is 4.73. The van der Waals surface area contributed by atoms with Gasteiger partial charge in [-0.25, -0.2) is 9.78 Å². The fourth-order valence-corrected chi connectivity index (χ4v) is 3.39. The van der Waals surface area contributed by atoms with E-state index in [9.17, 15) is 4.79 Å². The molecule has 0 saturated carbocycles. The first-order valence-electron chi connectivity index (χ1n) is 9.04. The lowest BCUT2D eigenvalue weighted by Gasteiger charge is -2.07. The molecule has 0 aliphatic rings. The molecule has 7 heteroatoms. The summed E-state index contributed by atoms with van der Waals surface area (Å²) in [5.74, 6) is 0.100. The predicted molar refractivity (Wildman–Crippen MR) is 108 cm³/mol. The molecule has 2 aromatic carbocycles. The molecular weight excluding hydrogens is 368 g/mol. The molecule has 0 bridgehead atoms. The molecule has 0 aliphatic carbocycles. The highest BCUT2D eigenvalue weighted by Gasteiger charge is 2.20. The number of hydrogen-bond acceptors (Lipinski definition) is 6. The standard InChI is InChI=1S/C22H16N4O3/c1-13-5-3-6-14(11-13)26-24-17-9-8-16-20(21(17)25-26)15(22(27)28-2)12-18(23-16)19-7-4-10-29-19/h3-12H,1-2H3. The summed E-state index contributed by atoms with van der Waals surface area (Å²) in [5, 5.41) is 9.84. The maximum atomic E-state index is 12.6. The first-order chi connectivity index (χ1) is 14.1. The van der Waals surface area contributed by atoms with Gasteiger partial charge in [-0.2, -0.15) is 4.80 Å². The summed E-state index contributed by atoms with van der Waals surface area (Å²) >= 11 is 0. The minimum absolute atomic E-state index is 0.366. The molecule has 0 fully saturated rings. The second kappa shape index (κ2) is 6.56. The van der Waals surface area contributed by atoms with Crippen molar-refractivity contribution < 1.29 is 13.9 Å². The Morgan fingerprint density at radius 3 is 2.66 bits per heavy atom. The van der Waals surface area contributed by atoms with E-state index in [1.165, 1.54) is 7.11 Å². The number of carbonyl (C=O) groups is 1. The lowest BCUT2D eigenvalue weighted by atomic mass is 10.1. The Morgan fingerprint density at radius 1 is 1.03 bits per heavy atom. The molecule has 0 aliphatic heterocycles. The number of furan rings is 1. The predicted octanol–water partition coefficient (Wildman–Crippen LogP) is 4.32. The van der Waals surface area contributed by atoms with Crippen molar-refractivity contribution >= 4 is 27.9 Å². The number of aryl methyl sites for hydroxylation is 1. The first-order valence-corrected chi connectivity index (χ1v) is 9.04. The van der Waals surface area contributed by atoms with Crippen molar-refractivity contribution in [2.75, 3.05) is 7.11 Å². The molecule has 0 N–H and O–H groups in total. The SMILES string of the molecule is COC(=O)c1cc(-c2ccco2)nc2ccc3nn(-c4cccc(C)c4)nc3c12. The van der Waals surface area contributed by atoms with Crippen LogP contribution in [0, 0.1) is 6.92 Å². The van der Waals surface area contributed by atoms with Crippen molar-refractivity contribution in [1.29, 1.82) is 0 Å². The van der Waals surface area contributed by atoms with Gasteiger partial charge in [-0.05, 0) is 55.0 Å². The summed E-state index contributed by atoms with van der Waals surface area (Å²) in [6, 6.07) is 16.8. The molecule has 29 heavy (non-hydrogen) atoms. The zero-order valence-electron chi connectivity index (χ0n) is 15.8. The normalized spacial score (nSPS) is 11.2. The van der Waals surface area contributed by atoms with Crippen LogP contribution >= 0.6 is 0 Å². The number of esters is 1. The molecule has 0 saturated heterocycles. The molecule has 0 atom stereocenters. The molecule has 3 heterocycles. The van der Waals surface area contributed by atoms with Crippen molar-refractivity contribution in [3.05, 3.63) is 72.0 Å². The Bertz CT molecular complexity index is 1370. The second-order valence-electron chi connectivity index (χ2n) is 6.68. The molecule has 7 nitrogen and oxygen atoms in total. The van der Waals surface area contributed by atoms with Crippen molar-refractivity contribution in [1.82, 2.24) is 20.0 Å². The van der Waals surface area contributed by atoms with Crippen molar-refractivity contribution in [3.63, 3.8) is 0 Å². The summed E-state index contributed by atoms with van der Waals surface area (Å²) < 4.78 is 10.5. The van der Waals surface area contributed by atoms with Gasteiger partial charge in [0.1, 0.15) is 16.7 Å². The fourth-order valence-electron chi connectivity index (χ4n) is 3.39. The van der Waals surface area contributed by atoms with Crippen molar-refractivity contribution in [2.45, 2.75) is 6.92 Å². The first kappa shape index (κ1) is 17.1. The van der Waals surface area contributed by atoms with E-state index in [1.807, 2.05) is 43.3 Å². The van der Waals surface area contributed by atoms with Gasteiger partial charge in [-0.1, -0.05) is 12.1 Å². The summed E-state index contributed by atoms with van der Waals surface area (Å²) in [6.45, 7) is 2.01. The Kier molecular flexibility index (Phi) is 3.87. The van der Waals surface area contributed by atoms with Gasteiger partial charge in [-0.3, -0.25) is 0 Å². The average Bonchev–Trinajstić information content (AvgIpc) is 3.42. The van der Waals surface area contributed by atoms with E-state index in [0.717, 1.165) is 11.3 Å². The van der Waals surface area contributed by atoms with E-state index in [0.29, 0.717) is 39.0 Å². The van der Waals surface area contributed by atoms with Crippen LogP contribution in [-0.4, -0.2) is 33.1 Å². The minimum Gasteiger partial charge on any atom is -0.465 e. The number of hydrogen-bond donors (Lipinski definition) is 0. The number of rotatable bonds is 3. The Hall–Kier alpha value is -4.00. The topological polar surface area (TPSA) is 83.0 Å². The van der Waals surface area contributed by atoms with Gasteiger partial charge < -0.3 is 9.15 Å². The third-order valence-electron chi connectivity index (χ3n) is 4.73. The second-order valence-corrected chi connectivity index (χ2v) is 6.68. The van der Waals surface area contributed by atoms with Gasteiger partial charge in [-0.15, -0.1) is 10.2 Å². The molecule has 0 amide bonds. The number of pyridine rings is 1. The summed E-state index contributed by atoms with van der Waals surface area (Å²) in [5.41, 5.74) is 4.73. The summed E-state index contributed by atoms with van der Waals surface area (Å²) in [7, 11) is 1.35. The molecule has 5 rings (SSSR count). The van der Waals surface area contributed by atoms with Crippen LogP contribution in [0.1, 0.15) is 15.9 Å². The zero-order chi connectivity index (χ0) is 20.0. The van der Waals surface area contributed by atoms with Crippen LogP contribution in [0.25, 0.3) is 39.1 Å². The summed E-state index contributed by atoms with van der Waals surface area (Å²) in [6.07, 6.45) is 1.57. The number of nitrogens with zero attached hydrogens (tertiary/aromatic N) is 4. The van der Waals surface area contributed by atoms with Crippen LogP contribution in [-0.2, 0) is 4.74 Å². The molecule has 3 aromatic heterocycles. The van der Waals surface area contributed by atoms with E-state index in [1.54, 1.807) is 29.3 Å². The lowest BCUT2D eigenvalue weighted by Crippen LogP contribution is -2.04. The van der Waals surface area contributed by atoms with E-state index in [-0.39, 0.29) is 0 Å². The maximum absolute atomic E-state index is 12.6. The third kappa shape index (κ3) is 2.84. The van der Waals surface area contributed by atoms with E-state index in [2.05, 4.69) is 15.2 Å². The van der Waals surface area contributed by atoms with Gasteiger partial charge in [0.2, 0.25) is 0 Å². The molecule has 5 aromatic rings.